The molecule has 0 bridgehead atoms. The summed E-state index contributed by atoms with van der Waals surface area (Å²) < 4.78 is 11.1. The Morgan fingerprint density at radius 1 is 0.548 bits per heavy atom. The lowest BCUT2D eigenvalue weighted by Gasteiger charge is -2.40. The summed E-state index contributed by atoms with van der Waals surface area (Å²) in [6, 6.07) is -1.18. The van der Waals surface area contributed by atoms with E-state index in [4.69, 9.17) is 9.47 Å². The van der Waals surface area contributed by atoms with Crippen LogP contribution in [0.15, 0.2) is 24.3 Å². The molecule has 0 saturated carbocycles. The van der Waals surface area contributed by atoms with Crippen molar-refractivity contribution in [2.75, 3.05) is 13.2 Å². The van der Waals surface area contributed by atoms with Crippen LogP contribution in [0.1, 0.15) is 226 Å². The molecule has 9 atom stereocenters. The molecule has 62 heavy (non-hydrogen) atoms. The fourth-order valence-corrected chi connectivity index (χ4v) is 8.20. The molecule has 0 aromatic heterocycles. The lowest BCUT2D eigenvalue weighted by molar-refractivity contribution is -0.303. The Bertz CT molecular complexity index is 1060. The SMILES string of the molecule is CCCCCC/C=C/CCCC(O)C(O)C(COC1OC(CO)C(O)C(O)C1O)NC(=O)C(O)CCCCCCCCCCCC/C=C\CCCCCCCCCCCCCC. The number of nitrogens with one attached hydrogen (secondary N) is 1. The first-order chi connectivity index (χ1) is 30.2. The number of carbonyl (C=O) groups is 1. The normalized spacial score (nSPS) is 21.5. The fraction of sp³-hybridized carbons (Fsp3) is 0.902. The molecule has 1 saturated heterocycles. The molecule has 1 fully saturated rings. The van der Waals surface area contributed by atoms with Crippen LogP contribution < -0.4 is 5.32 Å². The van der Waals surface area contributed by atoms with Gasteiger partial charge in [0.2, 0.25) is 5.91 Å². The Morgan fingerprint density at radius 2 is 0.952 bits per heavy atom. The van der Waals surface area contributed by atoms with E-state index in [2.05, 4.69) is 43.5 Å². The maximum absolute atomic E-state index is 13.1. The minimum Gasteiger partial charge on any atom is -0.394 e. The number of amides is 1. The third-order valence-electron chi connectivity index (χ3n) is 12.5. The van der Waals surface area contributed by atoms with E-state index in [1.54, 1.807) is 0 Å². The molecular formula is C51H97NO10. The van der Waals surface area contributed by atoms with Gasteiger partial charge in [-0.05, 0) is 64.2 Å². The summed E-state index contributed by atoms with van der Waals surface area (Å²) in [6.45, 7) is 3.39. The van der Waals surface area contributed by atoms with Gasteiger partial charge in [0.25, 0.3) is 0 Å². The van der Waals surface area contributed by atoms with Crippen LogP contribution in [-0.2, 0) is 14.3 Å². The van der Waals surface area contributed by atoms with Gasteiger partial charge in [0.05, 0.1) is 25.4 Å². The fourth-order valence-electron chi connectivity index (χ4n) is 8.20. The van der Waals surface area contributed by atoms with Gasteiger partial charge in [0.1, 0.15) is 36.6 Å². The van der Waals surface area contributed by atoms with E-state index >= 15 is 0 Å². The Balaban J connectivity index is 2.27. The minimum absolute atomic E-state index is 0.253. The van der Waals surface area contributed by atoms with Gasteiger partial charge in [-0.3, -0.25) is 4.79 Å². The molecule has 1 rings (SSSR count). The topological polar surface area (TPSA) is 189 Å². The van der Waals surface area contributed by atoms with Crippen molar-refractivity contribution < 1.29 is 50.0 Å². The summed E-state index contributed by atoms with van der Waals surface area (Å²) in [5, 5.41) is 75.5. The molecule has 8 N–H and O–H groups in total. The van der Waals surface area contributed by atoms with E-state index in [0.29, 0.717) is 12.8 Å². The van der Waals surface area contributed by atoms with E-state index in [1.165, 1.54) is 148 Å². The largest absolute Gasteiger partial charge is 0.394 e. The summed E-state index contributed by atoms with van der Waals surface area (Å²) in [4.78, 5) is 13.1. The second kappa shape index (κ2) is 41.1. The maximum atomic E-state index is 13.1. The molecule has 0 aliphatic carbocycles. The van der Waals surface area contributed by atoms with E-state index < -0.39 is 74.2 Å². The number of ether oxygens (including phenoxy) is 2. The number of allylic oxidation sites excluding steroid dienone is 4. The molecule has 1 amide bonds. The summed E-state index contributed by atoms with van der Waals surface area (Å²) in [6.07, 6.45) is 35.5. The van der Waals surface area contributed by atoms with E-state index in [0.717, 1.165) is 38.5 Å². The lowest BCUT2D eigenvalue weighted by Crippen LogP contribution is -2.60. The van der Waals surface area contributed by atoms with Gasteiger partial charge in [-0.1, -0.05) is 186 Å². The minimum atomic E-state index is -1.67. The van der Waals surface area contributed by atoms with Crippen molar-refractivity contribution in [2.24, 2.45) is 0 Å². The Kier molecular flexibility index (Phi) is 38.8. The first kappa shape index (κ1) is 58.6. The predicted molar refractivity (Wildman–Crippen MR) is 252 cm³/mol. The Hall–Kier alpha value is -1.41. The van der Waals surface area contributed by atoms with E-state index in [-0.39, 0.29) is 12.8 Å². The van der Waals surface area contributed by atoms with Crippen LogP contribution in [0.3, 0.4) is 0 Å². The van der Waals surface area contributed by atoms with Crippen LogP contribution in [-0.4, -0.2) is 110 Å². The summed E-state index contributed by atoms with van der Waals surface area (Å²) >= 11 is 0. The highest BCUT2D eigenvalue weighted by molar-refractivity contribution is 5.80. The molecular weight excluding hydrogens is 787 g/mol. The average Bonchev–Trinajstić information content (AvgIpc) is 3.27. The molecule has 1 aliphatic rings. The third kappa shape index (κ3) is 29.9. The van der Waals surface area contributed by atoms with Gasteiger partial charge >= 0.3 is 0 Å². The van der Waals surface area contributed by atoms with Gasteiger partial charge in [-0.15, -0.1) is 0 Å². The highest BCUT2D eigenvalue weighted by Gasteiger charge is 2.44. The zero-order valence-corrected chi connectivity index (χ0v) is 39.6. The van der Waals surface area contributed by atoms with Crippen molar-refractivity contribution in [3.63, 3.8) is 0 Å². The van der Waals surface area contributed by atoms with Gasteiger partial charge in [0, 0.05) is 0 Å². The smallest absolute Gasteiger partial charge is 0.249 e. The first-order valence-electron chi connectivity index (χ1n) is 25.7. The quantitative estimate of drug-likeness (QED) is 0.0216. The van der Waals surface area contributed by atoms with Gasteiger partial charge in [0.15, 0.2) is 6.29 Å². The van der Waals surface area contributed by atoms with Crippen molar-refractivity contribution in [3.05, 3.63) is 24.3 Å². The number of hydrogen-bond acceptors (Lipinski definition) is 10. The predicted octanol–water partition coefficient (Wildman–Crippen LogP) is 9.40. The lowest BCUT2D eigenvalue weighted by atomic mass is 9.98. The van der Waals surface area contributed by atoms with Crippen LogP contribution in [0, 0.1) is 0 Å². The van der Waals surface area contributed by atoms with Gasteiger partial charge in [-0.2, -0.15) is 0 Å². The molecule has 366 valence electrons. The maximum Gasteiger partial charge on any atom is 0.249 e. The summed E-state index contributed by atoms with van der Waals surface area (Å²) in [5.41, 5.74) is 0. The molecule has 9 unspecified atom stereocenters. The molecule has 0 aromatic rings. The van der Waals surface area contributed by atoms with Crippen LogP contribution in [0.4, 0.5) is 0 Å². The standard InChI is InChI=1S/C51H97NO10/c1-3-5-7-9-11-13-14-15-16-17-18-19-20-21-22-23-24-25-26-27-28-29-31-33-35-37-39-44(55)50(60)52-42(41-61-51-49(59)48(58)47(57)45(40-53)62-51)46(56)43(54)38-36-34-32-30-12-10-8-6-4-2/h21-22,30,32,42-49,51,53-59H,3-20,23-29,31,33-41H2,1-2H3,(H,52,60)/b22-21-,32-30+. The monoisotopic (exact) mass is 884 g/mol. The highest BCUT2D eigenvalue weighted by atomic mass is 16.7. The van der Waals surface area contributed by atoms with E-state index in [1.807, 2.05) is 0 Å². The summed E-state index contributed by atoms with van der Waals surface area (Å²) in [7, 11) is 0. The average molecular weight is 884 g/mol. The van der Waals surface area contributed by atoms with Crippen molar-refractivity contribution >= 4 is 5.91 Å². The number of carbonyl (C=O) groups excluding carboxylic acids is 1. The van der Waals surface area contributed by atoms with Crippen LogP contribution >= 0.6 is 0 Å². The zero-order chi connectivity index (χ0) is 45.5. The number of aliphatic hydroxyl groups is 7. The molecule has 11 heteroatoms. The van der Waals surface area contributed by atoms with Gasteiger partial charge < -0.3 is 50.5 Å². The molecule has 0 aromatic carbocycles. The second-order valence-electron chi connectivity index (χ2n) is 18.2. The molecule has 0 spiro atoms. The van der Waals surface area contributed by atoms with Crippen LogP contribution in [0.5, 0.6) is 0 Å². The zero-order valence-electron chi connectivity index (χ0n) is 39.6. The van der Waals surface area contributed by atoms with Crippen molar-refractivity contribution in [1.82, 2.24) is 5.32 Å². The Labute approximate surface area is 378 Å². The third-order valence-corrected chi connectivity index (χ3v) is 12.5. The molecule has 11 nitrogen and oxygen atoms in total. The van der Waals surface area contributed by atoms with Crippen molar-refractivity contribution in [1.29, 1.82) is 0 Å². The number of aliphatic hydroxyl groups excluding tert-OH is 7. The summed E-state index contributed by atoms with van der Waals surface area (Å²) in [5.74, 6) is -0.709. The van der Waals surface area contributed by atoms with Crippen molar-refractivity contribution in [2.45, 2.75) is 281 Å². The Morgan fingerprint density at radius 3 is 1.40 bits per heavy atom. The van der Waals surface area contributed by atoms with E-state index in [9.17, 15) is 40.5 Å². The van der Waals surface area contributed by atoms with Crippen molar-refractivity contribution in [3.8, 4) is 0 Å². The van der Waals surface area contributed by atoms with Crippen LogP contribution in [0.2, 0.25) is 0 Å². The molecule has 1 aliphatic heterocycles. The second-order valence-corrected chi connectivity index (χ2v) is 18.2. The van der Waals surface area contributed by atoms with Gasteiger partial charge in [-0.25, -0.2) is 0 Å². The number of hydrogen-bond donors (Lipinski definition) is 8. The molecule has 1 heterocycles. The number of unbranched alkanes of at least 4 members (excludes halogenated alkanes) is 27. The highest BCUT2D eigenvalue weighted by Crippen LogP contribution is 2.23. The van der Waals surface area contributed by atoms with Crippen LogP contribution in [0.25, 0.3) is 0 Å². The number of rotatable bonds is 43. The first-order valence-corrected chi connectivity index (χ1v) is 25.7. The molecule has 0 radical (unpaired) electrons.